The number of fused-ring (bicyclic) bond motifs is 1. The fourth-order valence-electron chi connectivity index (χ4n) is 3.61. The molecule has 2 N–H and O–H groups in total. The molecule has 1 aliphatic heterocycles. The predicted molar refractivity (Wildman–Crippen MR) is 102 cm³/mol. The number of methoxy groups -OCH3 is 1. The van der Waals surface area contributed by atoms with Crippen molar-refractivity contribution in [3.05, 3.63) is 30.4 Å². The number of halogens is 1. The van der Waals surface area contributed by atoms with Gasteiger partial charge in [-0.05, 0) is 31.9 Å². The zero-order valence-corrected chi connectivity index (χ0v) is 15.6. The standard InChI is InChI=1S/C19H22FN7O/c1-28-16-10-27-18(26-17(16)11-2-3-11)12(8-23-27)14-5-7-22-19(24-14)25-15-9-21-6-4-13(15)20/h5,7-8,10-11,13,15,21H,2-4,6,9H2,1H3,(H,22,24,25)/t13-,15-/m0/s1. The minimum absolute atomic E-state index is 0.336. The minimum atomic E-state index is -0.916. The topological polar surface area (TPSA) is 89.3 Å². The van der Waals surface area contributed by atoms with Crippen LogP contribution in [0.2, 0.25) is 0 Å². The van der Waals surface area contributed by atoms with Gasteiger partial charge < -0.3 is 15.4 Å². The molecule has 146 valence electrons. The first-order chi connectivity index (χ1) is 13.7. The van der Waals surface area contributed by atoms with E-state index in [1.807, 2.05) is 12.3 Å². The third kappa shape index (κ3) is 3.15. The number of alkyl halides is 1. The Labute approximate surface area is 161 Å². The molecule has 0 amide bonds. The van der Waals surface area contributed by atoms with E-state index < -0.39 is 6.17 Å². The van der Waals surface area contributed by atoms with Crippen LogP contribution < -0.4 is 15.4 Å². The van der Waals surface area contributed by atoms with Gasteiger partial charge in [0.05, 0.1) is 42.5 Å². The molecule has 4 heterocycles. The second-order valence-corrected chi connectivity index (χ2v) is 7.32. The molecular weight excluding hydrogens is 361 g/mol. The van der Waals surface area contributed by atoms with E-state index >= 15 is 0 Å². The fraction of sp³-hybridized carbons (Fsp3) is 0.474. The number of rotatable bonds is 5. The highest BCUT2D eigenvalue weighted by molar-refractivity contribution is 5.75. The molecule has 3 aromatic heterocycles. The summed E-state index contributed by atoms with van der Waals surface area (Å²) in [7, 11) is 1.65. The molecule has 0 radical (unpaired) electrons. The summed E-state index contributed by atoms with van der Waals surface area (Å²) in [5, 5.41) is 10.7. The van der Waals surface area contributed by atoms with Crippen molar-refractivity contribution in [2.75, 3.05) is 25.5 Å². The van der Waals surface area contributed by atoms with Gasteiger partial charge in [0.15, 0.2) is 11.4 Å². The zero-order chi connectivity index (χ0) is 19.1. The Kier molecular flexibility index (Phi) is 4.31. The Morgan fingerprint density at radius 3 is 2.96 bits per heavy atom. The van der Waals surface area contributed by atoms with Gasteiger partial charge in [0.1, 0.15) is 6.17 Å². The maximum Gasteiger partial charge on any atom is 0.223 e. The first-order valence-electron chi connectivity index (χ1n) is 9.60. The Hall–Kier alpha value is -2.81. The van der Waals surface area contributed by atoms with Crippen LogP contribution in [0, 0.1) is 0 Å². The van der Waals surface area contributed by atoms with Crippen molar-refractivity contribution < 1.29 is 9.13 Å². The second kappa shape index (κ2) is 6.97. The summed E-state index contributed by atoms with van der Waals surface area (Å²) < 4.78 is 21.3. The van der Waals surface area contributed by atoms with E-state index in [-0.39, 0.29) is 6.04 Å². The van der Waals surface area contributed by atoms with Gasteiger partial charge in [-0.2, -0.15) is 5.10 Å². The van der Waals surface area contributed by atoms with Crippen molar-refractivity contribution in [1.82, 2.24) is 29.9 Å². The van der Waals surface area contributed by atoms with Gasteiger partial charge in [-0.25, -0.2) is 23.9 Å². The molecule has 0 spiro atoms. The number of hydrogen-bond donors (Lipinski definition) is 2. The van der Waals surface area contributed by atoms with Crippen molar-refractivity contribution in [1.29, 1.82) is 0 Å². The minimum Gasteiger partial charge on any atom is -0.493 e. The normalized spacial score (nSPS) is 22.4. The number of nitrogens with one attached hydrogen (secondary N) is 2. The number of aromatic nitrogens is 5. The third-order valence-corrected chi connectivity index (χ3v) is 5.32. The molecule has 9 heteroatoms. The maximum absolute atomic E-state index is 14.1. The summed E-state index contributed by atoms with van der Waals surface area (Å²) in [5.74, 6) is 1.61. The molecule has 28 heavy (non-hydrogen) atoms. The van der Waals surface area contributed by atoms with Crippen LogP contribution in [0.3, 0.4) is 0 Å². The van der Waals surface area contributed by atoms with Gasteiger partial charge in [0.2, 0.25) is 5.95 Å². The van der Waals surface area contributed by atoms with Gasteiger partial charge in [0, 0.05) is 18.7 Å². The molecular formula is C19H22FN7O. The number of anilines is 1. The average Bonchev–Trinajstić information content (AvgIpc) is 3.48. The SMILES string of the molecule is COc1cn2ncc(-c3ccnc(N[C@H]4CNCC[C@@H]4F)n3)c2nc1C1CC1. The zero-order valence-electron chi connectivity index (χ0n) is 15.6. The summed E-state index contributed by atoms with van der Waals surface area (Å²) in [6.45, 7) is 1.25. The van der Waals surface area contributed by atoms with Crippen LogP contribution in [0.4, 0.5) is 10.3 Å². The molecule has 1 aliphatic carbocycles. The first kappa shape index (κ1) is 17.3. The van der Waals surface area contributed by atoms with Gasteiger partial charge in [-0.1, -0.05) is 0 Å². The van der Waals surface area contributed by atoms with Crippen molar-refractivity contribution in [2.24, 2.45) is 0 Å². The highest BCUT2D eigenvalue weighted by Crippen LogP contribution is 2.43. The number of ether oxygens (including phenoxy) is 1. The van der Waals surface area contributed by atoms with E-state index in [1.165, 1.54) is 0 Å². The van der Waals surface area contributed by atoms with Crippen LogP contribution in [0.15, 0.2) is 24.7 Å². The molecule has 3 aromatic rings. The summed E-state index contributed by atoms with van der Waals surface area (Å²) in [4.78, 5) is 13.7. The molecule has 1 saturated carbocycles. The lowest BCUT2D eigenvalue weighted by molar-refractivity contribution is 0.240. The quantitative estimate of drug-likeness (QED) is 0.698. The van der Waals surface area contributed by atoms with Gasteiger partial charge in [-0.15, -0.1) is 0 Å². The molecule has 5 rings (SSSR count). The van der Waals surface area contributed by atoms with Crippen molar-refractivity contribution in [2.45, 2.75) is 37.4 Å². The average molecular weight is 383 g/mol. The number of hydrogen-bond acceptors (Lipinski definition) is 7. The molecule has 0 bridgehead atoms. The van der Waals surface area contributed by atoms with Gasteiger partial charge >= 0.3 is 0 Å². The van der Waals surface area contributed by atoms with E-state index in [9.17, 15) is 4.39 Å². The first-order valence-corrected chi connectivity index (χ1v) is 9.60. The lowest BCUT2D eigenvalue weighted by Crippen LogP contribution is -2.46. The van der Waals surface area contributed by atoms with E-state index in [2.05, 4.69) is 25.7 Å². The third-order valence-electron chi connectivity index (χ3n) is 5.32. The van der Waals surface area contributed by atoms with Crippen LogP contribution in [0.1, 0.15) is 30.9 Å². The maximum atomic E-state index is 14.1. The van der Waals surface area contributed by atoms with Crippen LogP contribution in [-0.2, 0) is 0 Å². The van der Waals surface area contributed by atoms with E-state index in [1.54, 1.807) is 24.0 Å². The Bertz CT molecular complexity index is 1000. The van der Waals surface area contributed by atoms with E-state index in [4.69, 9.17) is 9.72 Å². The molecule has 1 saturated heterocycles. The van der Waals surface area contributed by atoms with Crippen molar-refractivity contribution in [3.8, 4) is 17.0 Å². The Morgan fingerprint density at radius 2 is 2.18 bits per heavy atom. The number of nitrogens with zero attached hydrogens (tertiary/aromatic N) is 5. The molecule has 2 atom stereocenters. The monoisotopic (exact) mass is 383 g/mol. The highest BCUT2D eigenvalue weighted by atomic mass is 19.1. The van der Waals surface area contributed by atoms with E-state index in [0.717, 1.165) is 35.5 Å². The Balaban J connectivity index is 1.49. The van der Waals surface area contributed by atoms with Gasteiger partial charge in [0.25, 0.3) is 0 Å². The largest absolute Gasteiger partial charge is 0.493 e. The highest BCUT2D eigenvalue weighted by Gasteiger charge is 2.30. The summed E-state index contributed by atoms with van der Waals surface area (Å²) in [6, 6.07) is 1.48. The lowest BCUT2D eigenvalue weighted by Gasteiger charge is -2.27. The molecule has 2 fully saturated rings. The summed E-state index contributed by atoms with van der Waals surface area (Å²) >= 11 is 0. The van der Waals surface area contributed by atoms with Crippen LogP contribution in [0.25, 0.3) is 16.9 Å². The molecule has 0 aromatic carbocycles. The fourth-order valence-corrected chi connectivity index (χ4v) is 3.61. The van der Waals surface area contributed by atoms with Crippen LogP contribution >= 0.6 is 0 Å². The molecule has 0 unspecified atom stereocenters. The summed E-state index contributed by atoms with van der Waals surface area (Å²) in [6.07, 6.45) is 7.10. The lowest BCUT2D eigenvalue weighted by atomic mass is 10.1. The number of piperidine rings is 1. The van der Waals surface area contributed by atoms with Crippen molar-refractivity contribution in [3.63, 3.8) is 0 Å². The summed E-state index contributed by atoms with van der Waals surface area (Å²) in [5.41, 5.74) is 3.22. The van der Waals surface area contributed by atoms with Crippen LogP contribution in [-0.4, -0.2) is 57.0 Å². The smallest absolute Gasteiger partial charge is 0.223 e. The van der Waals surface area contributed by atoms with E-state index in [0.29, 0.717) is 37.1 Å². The predicted octanol–water partition coefficient (Wildman–Crippen LogP) is 2.18. The molecule has 8 nitrogen and oxygen atoms in total. The van der Waals surface area contributed by atoms with Crippen LogP contribution in [0.5, 0.6) is 5.75 Å². The molecule has 2 aliphatic rings. The van der Waals surface area contributed by atoms with Gasteiger partial charge in [-0.3, -0.25) is 0 Å². The second-order valence-electron chi connectivity index (χ2n) is 7.32. The van der Waals surface area contributed by atoms with Crippen molar-refractivity contribution >= 4 is 11.6 Å². The Morgan fingerprint density at radius 1 is 1.29 bits per heavy atom.